The minimum atomic E-state index is -0.303. The smallest absolute Gasteiger partial charge is 0.311 e. The van der Waals surface area contributed by atoms with Crippen LogP contribution in [0.4, 0.5) is 0 Å². The Morgan fingerprint density at radius 3 is 2.33 bits per heavy atom. The molecule has 0 amide bonds. The monoisotopic (exact) mass is 334 g/mol. The van der Waals surface area contributed by atoms with E-state index in [0.29, 0.717) is 18.8 Å². The van der Waals surface area contributed by atoms with Gasteiger partial charge in [0.05, 0.1) is 6.61 Å². The fraction of sp³-hybridized carbons (Fsp3) is 0.600. The van der Waals surface area contributed by atoms with E-state index in [2.05, 4.69) is 6.92 Å². The second-order valence-corrected chi connectivity index (χ2v) is 5.92. The lowest BCUT2D eigenvalue weighted by Gasteiger charge is -2.08. The van der Waals surface area contributed by atoms with E-state index in [1.165, 1.54) is 19.3 Å². The molecule has 4 heteroatoms. The summed E-state index contributed by atoms with van der Waals surface area (Å²) in [5.41, 5.74) is 1.01. The predicted molar refractivity (Wildman–Crippen MR) is 95.0 cm³/mol. The van der Waals surface area contributed by atoms with E-state index < -0.39 is 0 Å². The molecular weight excluding hydrogens is 304 g/mol. The van der Waals surface area contributed by atoms with Crippen LogP contribution in [-0.2, 0) is 20.7 Å². The van der Waals surface area contributed by atoms with Crippen LogP contribution in [0.2, 0.25) is 0 Å². The van der Waals surface area contributed by atoms with Crippen LogP contribution in [0.25, 0.3) is 0 Å². The van der Waals surface area contributed by atoms with Gasteiger partial charge in [-0.1, -0.05) is 57.7 Å². The largest absolute Gasteiger partial charge is 0.466 e. The first-order valence-corrected chi connectivity index (χ1v) is 9.11. The van der Waals surface area contributed by atoms with Crippen molar-refractivity contribution in [3.05, 3.63) is 29.8 Å². The molecule has 4 nitrogen and oxygen atoms in total. The molecule has 134 valence electrons. The fourth-order valence-corrected chi connectivity index (χ4v) is 2.41. The van der Waals surface area contributed by atoms with Gasteiger partial charge in [0.15, 0.2) is 0 Å². The summed E-state index contributed by atoms with van der Waals surface area (Å²) in [6, 6.07) is 7.51. The van der Waals surface area contributed by atoms with Gasteiger partial charge in [-0.3, -0.25) is 9.59 Å². The lowest BCUT2D eigenvalue weighted by atomic mass is 10.1. The highest BCUT2D eigenvalue weighted by atomic mass is 16.5. The Labute approximate surface area is 145 Å². The topological polar surface area (TPSA) is 52.6 Å². The number of carbonyl (C=O) groups is 2. The van der Waals surface area contributed by atoms with Gasteiger partial charge < -0.3 is 9.47 Å². The second kappa shape index (κ2) is 12.6. The van der Waals surface area contributed by atoms with E-state index in [4.69, 9.17) is 9.47 Å². The molecule has 0 aliphatic rings. The van der Waals surface area contributed by atoms with Gasteiger partial charge in [-0.25, -0.2) is 0 Å². The second-order valence-electron chi connectivity index (χ2n) is 5.92. The predicted octanol–water partition coefficient (Wildman–Crippen LogP) is 4.84. The SMILES string of the molecule is CCCCCCCOC(=O)CCCC(=O)Oc1ccccc1CC. The van der Waals surface area contributed by atoms with Crippen molar-refractivity contribution in [2.75, 3.05) is 6.61 Å². The zero-order chi connectivity index (χ0) is 17.6. The molecule has 0 radical (unpaired) electrons. The van der Waals surface area contributed by atoms with Crippen LogP contribution in [-0.4, -0.2) is 18.5 Å². The standard InChI is InChI=1S/C20H30O4/c1-3-5-6-7-10-16-23-19(21)14-11-15-20(22)24-18-13-9-8-12-17(18)4-2/h8-9,12-13H,3-7,10-11,14-16H2,1-2H3. The number of aryl methyl sites for hydroxylation is 1. The van der Waals surface area contributed by atoms with Crippen LogP contribution in [0.15, 0.2) is 24.3 Å². The first kappa shape index (κ1) is 20.2. The van der Waals surface area contributed by atoms with Crippen molar-refractivity contribution in [3.8, 4) is 5.75 Å². The molecule has 0 aliphatic heterocycles. The summed E-state index contributed by atoms with van der Waals surface area (Å²) in [6.45, 7) is 4.67. The van der Waals surface area contributed by atoms with Crippen molar-refractivity contribution >= 4 is 11.9 Å². The van der Waals surface area contributed by atoms with Crippen molar-refractivity contribution in [2.24, 2.45) is 0 Å². The van der Waals surface area contributed by atoms with E-state index in [9.17, 15) is 9.59 Å². The Hall–Kier alpha value is -1.84. The normalized spacial score (nSPS) is 10.4. The fourth-order valence-electron chi connectivity index (χ4n) is 2.41. The average Bonchev–Trinajstić information content (AvgIpc) is 2.58. The molecular formula is C20H30O4. The highest BCUT2D eigenvalue weighted by Crippen LogP contribution is 2.19. The summed E-state index contributed by atoms with van der Waals surface area (Å²) < 4.78 is 10.5. The van der Waals surface area contributed by atoms with Gasteiger partial charge in [0.25, 0.3) is 0 Å². The molecule has 0 saturated heterocycles. The number of ether oxygens (including phenoxy) is 2. The molecule has 0 aromatic heterocycles. The number of hydrogen-bond donors (Lipinski definition) is 0. The van der Waals surface area contributed by atoms with Gasteiger partial charge in [0.1, 0.15) is 5.75 Å². The molecule has 0 saturated carbocycles. The van der Waals surface area contributed by atoms with Crippen molar-refractivity contribution in [2.45, 2.75) is 71.6 Å². The van der Waals surface area contributed by atoms with E-state index in [1.54, 1.807) is 6.07 Å². The zero-order valence-electron chi connectivity index (χ0n) is 15.0. The van der Waals surface area contributed by atoms with Crippen LogP contribution in [0.3, 0.4) is 0 Å². The van der Waals surface area contributed by atoms with E-state index in [-0.39, 0.29) is 24.8 Å². The average molecular weight is 334 g/mol. The van der Waals surface area contributed by atoms with Crippen LogP contribution in [0.5, 0.6) is 5.75 Å². The highest BCUT2D eigenvalue weighted by Gasteiger charge is 2.10. The summed E-state index contributed by atoms with van der Waals surface area (Å²) in [6.07, 6.45) is 7.42. The lowest BCUT2D eigenvalue weighted by molar-refractivity contribution is -0.144. The van der Waals surface area contributed by atoms with Gasteiger partial charge in [0, 0.05) is 12.8 Å². The molecule has 0 spiro atoms. The number of benzene rings is 1. The molecule has 1 rings (SSSR count). The minimum absolute atomic E-state index is 0.226. The number of carbonyl (C=O) groups excluding carboxylic acids is 2. The molecule has 0 heterocycles. The van der Waals surface area contributed by atoms with Crippen LogP contribution in [0, 0.1) is 0 Å². The molecule has 0 bridgehead atoms. The van der Waals surface area contributed by atoms with Crippen LogP contribution in [0.1, 0.15) is 70.8 Å². The number of rotatable bonds is 12. The number of esters is 2. The Balaban J connectivity index is 2.13. The number of para-hydroxylation sites is 1. The van der Waals surface area contributed by atoms with Gasteiger partial charge in [-0.2, -0.15) is 0 Å². The van der Waals surface area contributed by atoms with Gasteiger partial charge >= 0.3 is 11.9 Å². The lowest BCUT2D eigenvalue weighted by Crippen LogP contribution is -2.11. The quantitative estimate of drug-likeness (QED) is 0.312. The van der Waals surface area contributed by atoms with Crippen molar-refractivity contribution < 1.29 is 19.1 Å². The zero-order valence-corrected chi connectivity index (χ0v) is 15.0. The number of unbranched alkanes of at least 4 members (excludes halogenated alkanes) is 4. The van der Waals surface area contributed by atoms with Gasteiger partial charge in [-0.05, 0) is 30.9 Å². The van der Waals surface area contributed by atoms with Crippen molar-refractivity contribution in [3.63, 3.8) is 0 Å². The molecule has 1 aromatic rings. The molecule has 1 aromatic carbocycles. The summed E-state index contributed by atoms with van der Waals surface area (Å²) in [4.78, 5) is 23.4. The Morgan fingerprint density at radius 2 is 1.58 bits per heavy atom. The van der Waals surface area contributed by atoms with E-state index in [1.807, 2.05) is 25.1 Å². The minimum Gasteiger partial charge on any atom is -0.466 e. The van der Waals surface area contributed by atoms with Crippen LogP contribution < -0.4 is 4.74 Å². The maximum absolute atomic E-state index is 11.8. The van der Waals surface area contributed by atoms with E-state index >= 15 is 0 Å². The first-order valence-electron chi connectivity index (χ1n) is 9.11. The Bertz CT molecular complexity index is 496. The third-order valence-corrected chi connectivity index (χ3v) is 3.85. The molecule has 0 N–H and O–H groups in total. The van der Waals surface area contributed by atoms with Crippen molar-refractivity contribution in [1.29, 1.82) is 0 Å². The molecule has 0 fully saturated rings. The molecule has 24 heavy (non-hydrogen) atoms. The summed E-state index contributed by atoms with van der Waals surface area (Å²) in [5, 5.41) is 0. The van der Waals surface area contributed by atoms with Crippen molar-refractivity contribution in [1.82, 2.24) is 0 Å². The maximum atomic E-state index is 11.8. The Kier molecular flexibility index (Phi) is 10.6. The van der Waals surface area contributed by atoms with Gasteiger partial charge in [0.2, 0.25) is 0 Å². The van der Waals surface area contributed by atoms with Crippen LogP contribution >= 0.6 is 0 Å². The van der Waals surface area contributed by atoms with E-state index in [0.717, 1.165) is 24.8 Å². The number of hydrogen-bond acceptors (Lipinski definition) is 4. The summed E-state index contributed by atoms with van der Waals surface area (Å²) in [5.74, 6) is 0.0789. The highest BCUT2D eigenvalue weighted by molar-refractivity contribution is 5.74. The summed E-state index contributed by atoms with van der Waals surface area (Å²) in [7, 11) is 0. The first-order chi connectivity index (χ1) is 11.7. The molecule has 0 atom stereocenters. The maximum Gasteiger partial charge on any atom is 0.311 e. The Morgan fingerprint density at radius 1 is 0.875 bits per heavy atom. The third-order valence-electron chi connectivity index (χ3n) is 3.85. The molecule has 0 unspecified atom stereocenters. The third kappa shape index (κ3) is 8.70. The summed E-state index contributed by atoms with van der Waals surface area (Å²) >= 11 is 0. The van der Waals surface area contributed by atoms with Gasteiger partial charge in [-0.15, -0.1) is 0 Å². The molecule has 0 aliphatic carbocycles.